The maximum absolute atomic E-state index is 11.6. The number of amides is 1. The predicted molar refractivity (Wildman–Crippen MR) is 63.9 cm³/mol. The van der Waals surface area contributed by atoms with Gasteiger partial charge in [0.15, 0.2) is 0 Å². The van der Waals surface area contributed by atoms with Gasteiger partial charge in [0.05, 0.1) is 29.5 Å². The molecule has 1 N–H and O–H groups in total. The summed E-state index contributed by atoms with van der Waals surface area (Å²) in [6.45, 7) is -0.258. The molecular formula is C11H9N2NaO6S. The first-order valence-electron chi connectivity index (χ1n) is 5.43. The van der Waals surface area contributed by atoms with Crippen LogP contribution in [0.4, 0.5) is 0 Å². The molecule has 1 aliphatic rings. The normalized spacial score (nSPS) is 14.6. The van der Waals surface area contributed by atoms with Gasteiger partial charge in [-0.25, -0.2) is 5.01 Å². The second-order valence-corrected chi connectivity index (χ2v) is 5.44. The molecule has 21 heavy (non-hydrogen) atoms. The van der Waals surface area contributed by atoms with E-state index in [0.29, 0.717) is 0 Å². The van der Waals surface area contributed by atoms with Crippen molar-refractivity contribution in [1.29, 1.82) is 0 Å². The van der Waals surface area contributed by atoms with E-state index < -0.39 is 34.1 Å². The van der Waals surface area contributed by atoms with E-state index in [4.69, 9.17) is 4.55 Å². The molecule has 0 unspecified atom stereocenters. The summed E-state index contributed by atoms with van der Waals surface area (Å²) in [5, 5.41) is 15.0. The van der Waals surface area contributed by atoms with Gasteiger partial charge in [0.2, 0.25) is 5.91 Å². The maximum Gasteiger partial charge on any atom is 1.00 e. The van der Waals surface area contributed by atoms with Crippen molar-refractivity contribution in [2.24, 2.45) is 5.10 Å². The third-order valence-corrected chi connectivity index (χ3v) is 3.61. The second-order valence-electron chi connectivity index (χ2n) is 4.05. The van der Waals surface area contributed by atoms with Crippen molar-refractivity contribution in [3.05, 3.63) is 29.8 Å². The van der Waals surface area contributed by atoms with E-state index in [1.165, 1.54) is 24.3 Å². The van der Waals surface area contributed by atoms with Crippen LogP contribution in [-0.4, -0.2) is 35.6 Å². The largest absolute Gasteiger partial charge is 1.00 e. The third-order valence-electron chi connectivity index (χ3n) is 2.65. The molecule has 0 aromatic heterocycles. The first-order chi connectivity index (χ1) is 9.29. The van der Waals surface area contributed by atoms with Crippen LogP contribution < -0.4 is 34.7 Å². The van der Waals surface area contributed by atoms with Crippen molar-refractivity contribution in [2.75, 3.05) is 0 Å². The van der Waals surface area contributed by atoms with Crippen LogP contribution in [0.3, 0.4) is 0 Å². The van der Waals surface area contributed by atoms with Gasteiger partial charge < -0.3 is 9.90 Å². The van der Waals surface area contributed by atoms with Crippen molar-refractivity contribution in [1.82, 2.24) is 5.01 Å². The molecule has 1 aromatic rings. The Morgan fingerprint density at radius 3 is 2.52 bits per heavy atom. The number of aliphatic carboxylic acids is 1. The summed E-state index contributed by atoms with van der Waals surface area (Å²) in [5.74, 6) is -2.14. The molecule has 1 amide bonds. The van der Waals surface area contributed by atoms with Crippen molar-refractivity contribution < 1.29 is 57.2 Å². The molecule has 0 atom stereocenters. The van der Waals surface area contributed by atoms with Crippen molar-refractivity contribution in [3.63, 3.8) is 0 Å². The fraction of sp³-hybridized carbons (Fsp3) is 0.182. The molecule has 0 aliphatic carbocycles. The Bertz CT molecular complexity index is 715. The monoisotopic (exact) mass is 320 g/mol. The fourth-order valence-electron chi connectivity index (χ4n) is 1.76. The van der Waals surface area contributed by atoms with Crippen LogP contribution in [0, 0.1) is 0 Å². The second kappa shape index (κ2) is 6.67. The Balaban J connectivity index is 0.00000220. The Hall–Kier alpha value is -1.26. The number of hydrogen-bond donors (Lipinski definition) is 1. The molecule has 0 fully saturated rings. The number of hydrazone groups is 1. The van der Waals surface area contributed by atoms with E-state index in [0.717, 1.165) is 5.01 Å². The minimum absolute atomic E-state index is 0. The summed E-state index contributed by atoms with van der Waals surface area (Å²) in [6, 6.07) is 5.50. The van der Waals surface area contributed by atoms with E-state index in [9.17, 15) is 23.1 Å². The van der Waals surface area contributed by atoms with Crippen LogP contribution in [0.15, 0.2) is 34.3 Å². The summed E-state index contributed by atoms with van der Waals surface area (Å²) in [7, 11) is -4.44. The van der Waals surface area contributed by atoms with Crippen molar-refractivity contribution in [3.8, 4) is 0 Å². The van der Waals surface area contributed by atoms with E-state index in [1.54, 1.807) is 0 Å². The summed E-state index contributed by atoms with van der Waals surface area (Å²) < 4.78 is 31.5. The van der Waals surface area contributed by atoms with Crippen LogP contribution in [0.1, 0.15) is 12.0 Å². The molecule has 106 valence electrons. The van der Waals surface area contributed by atoms with Gasteiger partial charge in [-0.1, -0.05) is 18.2 Å². The van der Waals surface area contributed by atoms with Crippen molar-refractivity contribution >= 4 is 27.7 Å². The number of benzene rings is 1. The van der Waals surface area contributed by atoms with E-state index in [-0.39, 0.29) is 46.6 Å². The average Bonchev–Trinajstić information content (AvgIpc) is 2.71. The Morgan fingerprint density at radius 1 is 1.38 bits per heavy atom. The molecule has 8 nitrogen and oxygen atoms in total. The van der Waals surface area contributed by atoms with Crippen LogP contribution in [-0.2, 0) is 26.3 Å². The Labute approximate surface area is 142 Å². The van der Waals surface area contributed by atoms with E-state index >= 15 is 0 Å². The molecule has 0 radical (unpaired) electrons. The molecular weight excluding hydrogens is 311 g/mol. The minimum atomic E-state index is -4.44. The molecule has 2 rings (SSSR count). The summed E-state index contributed by atoms with van der Waals surface area (Å²) >= 11 is 0. The topological polar surface area (TPSA) is 127 Å². The van der Waals surface area contributed by atoms with Gasteiger partial charge in [-0.3, -0.25) is 9.35 Å². The number of nitrogens with zero attached hydrogens (tertiary/aromatic N) is 2. The summed E-state index contributed by atoms with van der Waals surface area (Å²) in [6.07, 6.45) is -0.406. The first kappa shape index (κ1) is 17.8. The number of rotatable bonds is 4. The van der Waals surface area contributed by atoms with Gasteiger partial charge in [0.1, 0.15) is 0 Å². The minimum Gasteiger partial charge on any atom is -0.543 e. The molecule has 1 aliphatic heterocycles. The molecule has 0 saturated carbocycles. The molecule has 1 heterocycles. The molecule has 0 spiro atoms. The van der Waals surface area contributed by atoms with Gasteiger partial charge >= 0.3 is 29.6 Å². The van der Waals surface area contributed by atoms with Gasteiger partial charge in [-0.05, 0) is 11.6 Å². The number of carbonyl (C=O) groups excluding carboxylic acids is 2. The Kier molecular flexibility index (Phi) is 5.65. The summed E-state index contributed by atoms with van der Waals surface area (Å²) in [4.78, 5) is 21.8. The first-order valence-corrected chi connectivity index (χ1v) is 6.87. The number of carboxylic acid groups (broad SMARTS) is 1. The van der Waals surface area contributed by atoms with Gasteiger partial charge in [-0.2, -0.15) is 13.5 Å². The van der Waals surface area contributed by atoms with Crippen LogP contribution in [0.2, 0.25) is 0 Å². The van der Waals surface area contributed by atoms with Crippen molar-refractivity contribution in [2.45, 2.75) is 17.9 Å². The SMILES string of the molecule is O=C([O-])C1=NN(Cc2ccccc2S(=O)(=O)O)C(=O)C1.[Na+]. The molecule has 0 bridgehead atoms. The number of carbonyl (C=O) groups is 2. The summed E-state index contributed by atoms with van der Waals surface area (Å²) in [5.41, 5.74) is -0.286. The van der Waals surface area contributed by atoms with Crippen LogP contribution in [0.25, 0.3) is 0 Å². The van der Waals surface area contributed by atoms with Crippen LogP contribution in [0.5, 0.6) is 0 Å². The molecule has 1 aromatic carbocycles. The zero-order valence-electron chi connectivity index (χ0n) is 11.0. The fourth-order valence-corrected chi connectivity index (χ4v) is 2.47. The number of carboxylic acids is 1. The van der Waals surface area contributed by atoms with Gasteiger partial charge in [0.25, 0.3) is 10.1 Å². The molecule has 0 saturated heterocycles. The average molecular weight is 320 g/mol. The van der Waals surface area contributed by atoms with Gasteiger partial charge in [0, 0.05) is 0 Å². The number of hydrogen-bond acceptors (Lipinski definition) is 6. The smallest absolute Gasteiger partial charge is 0.543 e. The standard InChI is InChI=1S/C11H10N2O6S.Na/c14-10-5-8(11(15)16)12-13(10)6-7-3-1-2-4-9(7)20(17,18)19;/h1-4H,5-6H2,(H,15,16)(H,17,18,19);/q;+1/p-1. The van der Waals surface area contributed by atoms with E-state index in [2.05, 4.69) is 5.10 Å². The molecule has 10 heteroatoms. The quantitative estimate of drug-likeness (QED) is 0.442. The Morgan fingerprint density at radius 2 is 2.00 bits per heavy atom. The van der Waals surface area contributed by atoms with Crippen LogP contribution >= 0.6 is 0 Å². The predicted octanol–water partition coefficient (Wildman–Crippen LogP) is -4.22. The van der Waals surface area contributed by atoms with E-state index in [1.807, 2.05) is 0 Å². The zero-order chi connectivity index (χ0) is 14.9. The third kappa shape index (κ3) is 4.11. The zero-order valence-corrected chi connectivity index (χ0v) is 13.8. The van der Waals surface area contributed by atoms with Gasteiger partial charge in [-0.15, -0.1) is 0 Å². The maximum atomic E-state index is 11.6.